The van der Waals surface area contributed by atoms with Crippen LogP contribution in [0.3, 0.4) is 0 Å². The number of allylic oxidation sites excluding steroid dienone is 1. The summed E-state index contributed by atoms with van der Waals surface area (Å²) in [7, 11) is 3.32. The van der Waals surface area contributed by atoms with Crippen LogP contribution in [0.5, 0.6) is 11.5 Å². The molecule has 0 saturated carbocycles. The quantitative estimate of drug-likeness (QED) is 0.174. The van der Waals surface area contributed by atoms with E-state index in [1.165, 1.54) is 0 Å². The number of rotatable bonds is 7. The minimum absolute atomic E-state index is 0.581. The Hall–Kier alpha value is -4.20. The van der Waals surface area contributed by atoms with Gasteiger partial charge in [0.1, 0.15) is 11.5 Å². The molecule has 0 bridgehead atoms. The highest BCUT2D eigenvalue weighted by Crippen LogP contribution is 2.44. The lowest BCUT2D eigenvalue weighted by molar-refractivity contribution is 0.414. The molecule has 0 unspecified atom stereocenters. The van der Waals surface area contributed by atoms with E-state index in [1.54, 1.807) is 14.2 Å². The molecule has 0 atom stereocenters. The second kappa shape index (κ2) is 11.7. The molecule has 1 aliphatic rings. The van der Waals surface area contributed by atoms with Gasteiger partial charge in [0.15, 0.2) is 0 Å². The number of aliphatic imine (C=N–C) groups is 2. The summed E-state index contributed by atoms with van der Waals surface area (Å²) in [6.07, 6.45) is 0. The Balaban J connectivity index is 1.55. The summed E-state index contributed by atoms with van der Waals surface area (Å²) < 4.78 is 12.5. The number of benzene rings is 4. The van der Waals surface area contributed by atoms with Crippen molar-refractivity contribution < 1.29 is 9.47 Å². The topological polar surface area (TPSA) is 57.3 Å². The monoisotopic (exact) mass is 664 g/mol. The van der Waals surface area contributed by atoms with E-state index in [0.717, 1.165) is 65.3 Å². The number of ether oxygens (including phenoxy) is 2. The van der Waals surface area contributed by atoms with Crippen LogP contribution >= 0.6 is 31.9 Å². The van der Waals surface area contributed by atoms with E-state index < -0.39 is 0 Å². The molecule has 7 heteroatoms. The van der Waals surface area contributed by atoms with E-state index in [0.29, 0.717) is 11.7 Å². The molecule has 5 nitrogen and oxygen atoms in total. The fourth-order valence-electron chi connectivity index (χ4n) is 4.72. The molecule has 0 amide bonds. The molecule has 5 aromatic rings. The highest BCUT2D eigenvalue weighted by Gasteiger charge is 2.24. The second-order valence-electron chi connectivity index (χ2n) is 9.25. The number of hydrogen-bond donors (Lipinski definition) is 0. The Morgan fingerprint density at radius 3 is 1.73 bits per heavy atom. The van der Waals surface area contributed by atoms with Crippen molar-refractivity contribution in [3.8, 4) is 33.9 Å². The van der Waals surface area contributed by atoms with Crippen molar-refractivity contribution >= 4 is 54.8 Å². The smallest absolute Gasteiger partial charge is 0.118 e. The van der Waals surface area contributed by atoms with Gasteiger partial charge in [0, 0.05) is 15.6 Å². The summed E-state index contributed by atoms with van der Waals surface area (Å²) in [6.45, 7) is 0. The average Bonchev–Trinajstić information content (AvgIpc) is 3.53. The third kappa shape index (κ3) is 5.31. The Kier molecular flexibility index (Phi) is 7.72. The van der Waals surface area contributed by atoms with Crippen LogP contribution in [-0.4, -0.2) is 25.8 Å². The fraction of sp³-hybridized carbons (Fsp3) is 0.0588. The molecule has 0 aliphatic carbocycles. The molecule has 6 rings (SSSR count). The van der Waals surface area contributed by atoms with Gasteiger partial charge in [-0.3, -0.25) is 4.99 Å². The average molecular weight is 666 g/mol. The van der Waals surface area contributed by atoms with E-state index in [4.69, 9.17) is 24.4 Å². The maximum absolute atomic E-state index is 5.36. The molecule has 41 heavy (non-hydrogen) atoms. The van der Waals surface area contributed by atoms with Crippen LogP contribution in [0.25, 0.3) is 28.0 Å². The van der Waals surface area contributed by atoms with Gasteiger partial charge in [-0.1, -0.05) is 72.8 Å². The minimum atomic E-state index is 0.581. The van der Waals surface area contributed by atoms with Crippen molar-refractivity contribution in [2.24, 2.45) is 9.98 Å². The van der Waals surface area contributed by atoms with Gasteiger partial charge < -0.3 is 19.5 Å². The normalized spacial score (nSPS) is 14.0. The standard InChI is InChI=1S/C34H24Br2N3O2/c1-40-25-17-13-23(14-18-25)31-29(35)27(21-9-5-3-6-10-21)33(37-31)39-34-28(22-11-7-4-8-12-22)30(36)32(38-34)24-15-19-26(41-2)20-16-24/h3-20H,1-2H3/q-1/b39-33-. The first kappa shape index (κ1) is 27.0. The maximum atomic E-state index is 5.36. The minimum Gasteiger partial charge on any atom is -0.497 e. The van der Waals surface area contributed by atoms with Gasteiger partial charge in [-0.2, -0.15) is 0 Å². The Bertz CT molecular complexity index is 1790. The third-order valence-corrected chi connectivity index (χ3v) is 8.35. The van der Waals surface area contributed by atoms with Crippen LogP contribution in [0.15, 0.2) is 128 Å². The van der Waals surface area contributed by atoms with Crippen molar-refractivity contribution in [3.05, 3.63) is 129 Å². The second-order valence-corrected chi connectivity index (χ2v) is 10.8. The first-order chi connectivity index (χ1) is 20.1. The van der Waals surface area contributed by atoms with E-state index >= 15 is 0 Å². The molecule has 1 aromatic heterocycles. The molecule has 0 fully saturated rings. The van der Waals surface area contributed by atoms with Crippen molar-refractivity contribution in [2.75, 3.05) is 14.2 Å². The van der Waals surface area contributed by atoms with Crippen molar-refractivity contribution in [3.63, 3.8) is 0 Å². The molecule has 0 spiro atoms. The molecule has 2 heterocycles. The zero-order valence-corrected chi connectivity index (χ0v) is 25.5. The Labute approximate surface area is 255 Å². The highest BCUT2D eigenvalue weighted by atomic mass is 79.9. The largest absolute Gasteiger partial charge is 0.497 e. The van der Waals surface area contributed by atoms with Crippen molar-refractivity contribution in [2.45, 2.75) is 0 Å². The lowest BCUT2D eigenvalue weighted by atomic mass is 10.0. The van der Waals surface area contributed by atoms with Gasteiger partial charge in [-0.15, -0.1) is 0 Å². The van der Waals surface area contributed by atoms with E-state index in [-0.39, 0.29) is 0 Å². The van der Waals surface area contributed by atoms with Crippen LogP contribution in [0, 0.1) is 0 Å². The lowest BCUT2D eigenvalue weighted by Gasteiger charge is -2.13. The van der Waals surface area contributed by atoms with Crippen LogP contribution in [-0.2, 0) is 0 Å². The third-order valence-electron chi connectivity index (χ3n) is 6.80. The van der Waals surface area contributed by atoms with Gasteiger partial charge in [0.2, 0.25) is 0 Å². The summed E-state index contributed by atoms with van der Waals surface area (Å²) in [5.41, 5.74) is 7.33. The predicted molar refractivity (Wildman–Crippen MR) is 174 cm³/mol. The fourth-order valence-corrected chi connectivity index (χ4v) is 6.17. The summed E-state index contributed by atoms with van der Waals surface area (Å²) >= 11 is 7.73. The summed E-state index contributed by atoms with van der Waals surface area (Å²) in [5.74, 6) is 2.73. The van der Waals surface area contributed by atoms with Gasteiger partial charge in [0.05, 0.1) is 30.2 Å². The molecule has 0 N–H and O–H groups in total. The molecule has 0 saturated heterocycles. The number of aromatic nitrogens is 1. The van der Waals surface area contributed by atoms with Gasteiger partial charge >= 0.3 is 0 Å². The lowest BCUT2D eigenvalue weighted by Crippen LogP contribution is -1.98. The molecule has 202 valence electrons. The van der Waals surface area contributed by atoms with Crippen LogP contribution in [0.4, 0.5) is 5.82 Å². The van der Waals surface area contributed by atoms with Gasteiger partial charge in [-0.05, 0) is 102 Å². The van der Waals surface area contributed by atoms with E-state index in [1.807, 2.05) is 84.9 Å². The number of nitrogens with zero attached hydrogens (tertiary/aromatic N) is 3. The molecular weight excluding hydrogens is 642 g/mol. The molecule has 0 radical (unpaired) electrons. The molecular formula is C34H24Br2N3O2-. The van der Waals surface area contributed by atoms with E-state index in [9.17, 15) is 0 Å². The Morgan fingerprint density at radius 1 is 0.634 bits per heavy atom. The number of amidine groups is 1. The van der Waals surface area contributed by atoms with Crippen LogP contribution in [0.1, 0.15) is 11.1 Å². The van der Waals surface area contributed by atoms with Gasteiger partial charge in [-0.25, -0.2) is 0 Å². The number of methoxy groups -OCH3 is 2. The predicted octanol–water partition coefficient (Wildman–Crippen LogP) is 9.10. The zero-order valence-electron chi connectivity index (χ0n) is 22.3. The molecule has 4 aromatic carbocycles. The van der Waals surface area contributed by atoms with Crippen molar-refractivity contribution in [1.82, 2.24) is 4.98 Å². The SMILES string of the molecule is COc1ccc(C2=N/C(=N\c3[n-]c(-c4ccc(OC)cc4)c(Br)c3-c3ccccc3)C(c3ccccc3)=C2Br)cc1. The first-order valence-corrected chi connectivity index (χ1v) is 14.5. The summed E-state index contributed by atoms with van der Waals surface area (Å²) in [6, 6.07) is 36.0. The number of halogens is 2. The first-order valence-electron chi connectivity index (χ1n) is 12.9. The number of hydrogen-bond acceptors (Lipinski definition) is 3. The van der Waals surface area contributed by atoms with Crippen LogP contribution in [0.2, 0.25) is 0 Å². The summed E-state index contributed by atoms with van der Waals surface area (Å²) in [4.78, 5) is 15.2. The van der Waals surface area contributed by atoms with Gasteiger partial charge in [0.25, 0.3) is 0 Å². The summed E-state index contributed by atoms with van der Waals surface area (Å²) in [5, 5.41) is 0. The highest BCUT2D eigenvalue weighted by molar-refractivity contribution is 9.12. The zero-order chi connectivity index (χ0) is 28.3. The molecule has 1 aliphatic heterocycles. The Morgan fingerprint density at radius 2 is 1.17 bits per heavy atom. The van der Waals surface area contributed by atoms with Crippen molar-refractivity contribution in [1.29, 1.82) is 0 Å². The van der Waals surface area contributed by atoms with E-state index in [2.05, 4.69) is 56.1 Å². The maximum Gasteiger partial charge on any atom is 0.118 e. The van der Waals surface area contributed by atoms with Crippen LogP contribution < -0.4 is 14.5 Å².